The van der Waals surface area contributed by atoms with E-state index in [1.165, 1.54) is 6.26 Å². The number of nitrogens with zero attached hydrogens (tertiary/aromatic N) is 1. The predicted molar refractivity (Wildman–Crippen MR) is 121 cm³/mol. The number of hydrogen-bond donors (Lipinski definition) is 0. The summed E-state index contributed by atoms with van der Waals surface area (Å²) in [6, 6.07) is 9.22. The molecule has 0 N–H and O–H groups in total. The van der Waals surface area contributed by atoms with E-state index in [9.17, 15) is 8.42 Å². The maximum absolute atomic E-state index is 11.8. The lowest BCUT2D eigenvalue weighted by Gasteiger charge is -2.50. The third-order valence-corrected chi connectivity index (χ3v) is 8.98. The minimum atomic E-state index is -3.21. The molecular weight excluding hydrogens is 386 g/mol. The molecule has 1 aromatic carbocycles. The van der Waals surface area contributed by atoms with Crippen LogP contribution in [0.2, 0.25) is 0 Å². The fraction of sp³-hybridized carbons (Fsp3) is 0.522. The van der Waals surface area contributed by atoms with Gasteiger partial charge in [0.15, 0.2) is 9.84 Å². The van der Waals surface area contributed by atoms with Gasteiger partial charge >= 0.3 is 0 Å². The zero-order chi connectivity index (χ0) is 21.5. The maximum atomic E-state index is 11.8. The van der Waals surface area contributed by atoms with Gasteiger partial charge in [-0.1, -0.05) is 58.5 Å². The lowest BCUT2D eigenvalue weighted by Crippen LogP contribution is -2.45. The molecule has 0 spiro atoms. The number of aryl methyl sites for hydroxylation is 1. The van der Waals surface area contributed by atoms with Crippen LogP contribution in [0.1, 0.15) is 54.0 Å². The van der Waals surface area contributed by atoms with E-state index in [0.717, 1.165) is 21.7 Å². The Morgan fingerprint density at radius 3 is 1.93 bits per heavy atom. The molecule has 0 aliphatic carbocycles. The Morgan fingerprint density at radius 1 is 0.929 bits per heavy atom. The molecule has 2 rings (SSSR count). The molecule has 0 saturated heterocycles. The number of hydrogen-bond acceptors (Lipinski definition) is 4. The third kappa shape index (κ3) is 4.62. The number of sulfone groups is 1. The number of benzene rings is 1. The first-order valence-corrected chi connectivity index (χ1v) is 12.2. The fourth-order valence-electron chi connectivity index (χ4n) is 3.00. The molecule has 0 bridgehead atoms. The van der Waals surface area contributed by atoms with E-state index in [0.29, 0.717) is 4.90 Å². The van der Waals surface area contributed by atoms with Crippen molar-refractivity contribution in [3.63, 3.8) is 0 Å². The molecule has 5 heteroatoms. The summed E-state index contributed by atoms with van der Waals surface area (Å²) in [5.41, 5.74) is 3.29. The summed E-state index contributed by atoms with van der Waals surface area (Å²) in [5.74, 6) is 0. The van der Waals surface area contributed by atoms with Crippen molar-refractivity contribution in [2.75, 3.05) is 6.26 Å². The van der Waals surface area contributed by atoms with Gasteiger partial charge in [0.05, 0.1) is 4.90 Å². The number of pyridine rings is 1. The molecule has 0 aliphatic heterocycles. The van der Waals surface area contributed by atoms with Crippen molar-refractivity contribution in [3.05, 3.63) is 42.1 Å². The van der Waals surface area contributed by atoms with E-state index in [1.54, 1.807) is 23.9 Å². The number of rotatable bonds is 5. The van der Waals surface area contributed by atoms with Crippen molar-refractivity contribution in [1.29, 1.82) is 0 Å². The summed E-state index contributed by atoms with van der Waals surface area (Å²) in [6.45, 7) is 18.1. The summed E-state index contributed by atoms with van der Waals surface area (Å²) >= 11 is 1.79. The molecule has 0 aliphatic rings. The minimum Gasteiger partial charge on any atom is -0.249 e. The zero-order valence-electron chi connectivity index (χ0n) is 18.5. The summed E-state index contributed by atoms with van der Waals surface area (Å²) in [4.78, 5) is 5.08. The standard InChI is InChI=1S/C23H33NO2S2/c1-16-14-19(17-10-12-18(13-11-17)28(9,25)26)20(24-15-16)27-23(7,8)22(5,6)21(2,3)4/h10-15H,1-9H3. The zero-order valence-corrected chi connectivity index (χ0v) is 20.2. The van der Waals surface area contributed by atoms with Crippen LogP contribution in [-0.2, 0) is 9.84 Å². The van der Waals surface area contributed by atoms with E-state index in [-0.39, 0.29) is 15.6 Å². The Morgan fingerprint density at radius 2 is 1.46 bits per heavy atom. The number of thioether (sulfide) groups is 1. The summed E-state index contributed by atoms with van der Waals surface area (Å²) in [6.07, 6.45) is 3.13. The van der Waals surface area contributed by atoms with Crippen molar-refractivity contribution < 1.29 is 8.42 Å². The highest BCUT2D eigenvalue weighted by Gasteiger charge is 2.46. The summed E-state index contributed by atoms with van der Waals surface area (Å²) in [7, 11) is -3.21. The molecule has 1 aromatic heterocycles. The first kappa shape index (κ1) is 23.0. The third-order valence-electron chi connectivity index (χ3n) is 6.31. The monoisotopic (exact) mass is 419 g/mol. The highest BCUT2D eigenvalue weighted by atomic mass is 32.2. The molecule has 0 radical (unpaired) electrons. The van der Waals surface area contributed by atoms with Crippen LogP contribution in [0.4, 0.5) is 0 Å². The summed E-state index contributed by atoms with van der Waals surface area (Å²) < 4.78 is 23.5. The van der Waals surface area contributed by atoms with Gasteiger partial charge in [0.2, 0.25) is 0 Å². The molecule has 0 amide bonds. The smallest absolute Gasteiger partial charge is 0.175 e. The largest absolute Gasteiger partial charge is 0.249 e. The molecule has 0 fully saturated rings. The first-order chi connectivity index (χ1) is 12.6. The van der Waals surface area contributed by atoms with Gasteiger partial charge in [-0.15, -0.1) is 0 Å². The Bertz CT molecular complexity index is 951. The second kappa shape index (κ2) is 7.49. The molecular formula is C23H33NO2S2. The van der Waals surface area contributed by atoms with E-state index >= 15 is 0 Å². The van der Waals surface area contributed by atoms with Crippen LogP contribution in [0.25, 0.3) is 11.1 Å². The van der Waals surface area contributed by atoms with Crippen LogP contribution in [0, 0.1) is 17.8 Å². The van der Waals surface area contributed by atoms with Gasteiger partial charge in [-0.05, 0) is 60.9 Å². The lowest BCUT2D eigenvalue weighted by atomic mass is 9.63. The molecule has 3 nitrogen and oxygen atoms in total. The van der Waals surface area contributed by atoms with Gasteiger partial charge < -0.3 is 0 Å². The summed E-state index contributed by atoms with van der Waals surface area (Å²) in [5, 5.41) is 0.972. The molecule has 1 heterocycles. The van der Waals surface area contributed by atoms with Gasteiger partial charge in [-0.2, -0.15) is 0 Å². The number of aromatic nitrogens is 1. The van der Waals surface area contributed by atoms with Gasteiger partial charge in [0, 0.05) is 22.8 Å². The average molecular weight is 420 g/mol. The fourth-order valence-corrected chi connectivity index (χ4v) is 5.07. The lowest BCUT2D eigenvalue weighted by molar-refractivity contribution is 0.0933. The van der Waals surface area contributed by atoms with Crippen molar-refractivity contribution >= 4 is 21.6 Å². The van der Waals surface area contributed by atoms with Crippen LogP contribution < -0.4 is 0 Å². The highest BCUT2D eigenvalue weighted by Crippen LogP contribution is 2.54. The topological polar surface area (TPSA) is 47.0 Å². The normalized spacial score (nSPS) is 13.6. The van der Waals surface area contributed by atoms with Crippen LogP contribution >= 0.6 is 11.8 Å². The van der Waals surface area contributed by atoms with Gasteiger partial charge in [-0.3, -0.25) is 0 Å². The molecule has 154 valence electrons. The first-order valence-electron chi connectivity index (χ1n) is 9.52. The van der Waals surface area contributed by atoms with Gasteiger partial charge in [-0.25, -0.2) is 13.4 Å². The quantitative estimate of drug-likeness (QED) is 0.526. The molecule has 0 atom stereocenters. The van der Waals surface area contributed by atoms with E-state index < -0.39 is 9.84 Å². The molecule has 0 saturated carbocycles. The van der Waals surface area contributed by atoms with Crippen LogP contribution in [0.5, 0.6) is 0 Å². The van der Waals surface area contributed by atoms with Gasteiger partial charge in [0.25, 0.3) is 0 Å². The average Bonchev–Trinajstić information content (AvgIpc) is 2.54. The van der Waals surface area contributed by atoms with Crippen molar-refractivity contribution in [3.8, 4) is 11.1 Å². The Hall–Kier alpha value is -1.33. The van der Waals surface area contributed by atoms with Crippen LogP contribution in [-0.4, -0.2) is 24.4 Å². The Labute approximate surface area is 175 Å². The minimum absolute atomic E-state index is 0.0502. The van der Waals surface area contributed by atoms with Gasteiger partial charge in [0.1, 0.15) is 5.03 Å². The molecule has 28 heavy (non-hydrogen) atoms. The second-order valence-corrected chi connectivity index (χ2v) is 13.3. The van der Waals surface area contributed by atoms with E-state index in [1.807, 2.05) is 25.3 Å². The Balaban J connectivity index is 2.51. The highest BCUT2D eigenvalue weighted by molar-refractivity contribution is 8.00. The maximum Gasteiger partial charge on any atom is 0.175 e. The van der Waals surface area contributed by atoms with Crippen molar-refractivity contribution in [2.45, 2.75) is 70.1 Å². The molecule has 2 aromatic rings. The van der Waals surface area contributed by atoms with Crippen LogP contribution in [0.3, 0.4) is 0 Å². The second-order valence-electron chi connectivity index (χ2n) is 9.65. The van der Waals surface area contributed by atoms with Crippen LogP contribution in [0.15, 0.2) is 46.5 Å². The SMILES string of the molecule is Cc1cnc(SC(C)(C)C(C)(C)C(C)(C)C)c(-c2ccc(S(C)(=O)=O)cc2)c1. The predicted octanol–water partition coefficient (Wildman–Crippen LogP) is 6.40. The van der Waals surface area contributed by atoms with E-state index in [4.69, 9.17) is 4.98 Å². The van der Waals surface area contributed by atoms with Crippen molar-refractivity contribution in [1.82, 2.24) is 4.98 Å². The molecule has 0 unspecified atom stereocenters. The Kier molecular flexibility index (Phi) is 6.14. The van der Waals surface area contributed by atoms with Crippen molar-refractivity contribution in [2.24, 2.45) is 10.8 Å². The van der Waals surface area contributed by atoms with E-state index in [2.05, 4.69) is 54.5 Å².